The molecule has 4 nitrogen and oxygen atoms in total. The third-order valence-corrected chi connectivity index (χ3v) is 6.11. The van der Waals surface area contributed by atoms with Gasteiger partial charge < -0.3 is 14.9 Å². The van der Waals surface area contributed by atoms with Crippen LogP contribution in [-0.2, 0) is 33.4 Å². The number of carbonyl (C=O) groups is 1. The molecule has 0 atom stereocenters. The lowest BCUT2D eigenvalue weighted by molar-refractivity contribution is -0.144. The number of phenolic OH excluding ortho intramolecular Hbond substituents is 2. The molecule has 0 spiro atoms. The van der Waals surface area contributed by atoms with Gasteiger partial charge in [0.2, 0.25) is 0 Å². The van der Waals surface area contributed by atoms with Crippen LogP contribution in [0.25, 0.3) is 0 Å². The second-order valence-electron chi connectivity index (χ2n) is 10.7. The van der Waals surface area contributed by atoms with Crippen molar-refractivity contribution < 1.29 is 19.7 Å². The van der Waals surface area contributed by atoms with Gasteiger partial charge in [-0.15, -0.1) is 0 Å². The molecule has 0 amide bonds. The summed E-state index contributed by atoms with van der Waals surface area (Å²) < 4.78 is 5.59. The van der Waals surface area contributed by atoms with Crippen LogP contribution in [0.5, 0.6) is 11.5 Å². The van der Waals surface area contributed by atoms with Gasteiger partial charge in [0, 0.05) is 0 Å². The lowest BCUT2D eigenvalue weighted by atomic mass is 9.82. The first-order chi connectivity index (χ1) is 14.1. The third kappa shape index (κ3) is 5.23. The number of benzene rings is 2. The molecule has 0 aliphatic carbocycles. The number of aryl methyl sites for hydroxylation is 2. The summed E-state index contributed by atoms with van der Waals surface area (Å²) in [4.78, 5) is 12.7. The number of carbonyl (C=O) groups excluding carboxylic acids is 1. The number of hydrogen-bond acceptors (Lipinski definition) is 4. The second-order valence-corrected chi connectivity index (χ2v) is 10.7. The monoisotopic (exact) mass is 426 g/mol. The Morgan fingerprint density at radius 3 is 1.58 bits per heavy atom. The number of esters is 1. The first-order valence-corrected chi connectivity index (χ1v) is 10.9. The standard InChI is InChI=1S/C27H38O4/c1-15-11-21(26(5,6)7)24(29)17(3)19(15)13-23(28)31-14-20-16(2)12-22(27(8,9)10)25(30)18(20)4/h11-12,29-30H,13-14H2,1-10H3. The molecule has 2 aromatic rings. The van der Waals surface area contributed by atoms with Crippen LogP contribution in [0.1, 0.15) is 86.1 Å². The zero-order valence-electron chi connectivity index (χ0n) is 20.8. The van der Waals surface area contributed by atoms with E-state index in [9.17, 15) is 15.0 Å². The lowest BCUT2D eigenvalue weighted by Gasteiger charge is -2.25. The summed E-state index contributed by atoms with van der Waals surface area (Å²) in [5.74, 6) is 0.154. The average molecular weight is 427 g/mol. The third-order valence-electron chi connectivity index (χ3n) is 6.11. The second kappa shape index (κ2) is 8.57. The fraction of sp³-hybridized carbons (Fsp3) is 0.519. The average Bonchev–Trinajstić information content (AvgIpc) is 2.62. The molecule has 0 aliphatic heterocycles. The Morgan fingerprint density at radius 1 is 0.774 bits per heavy atom. The van der Waals surface area contributed by atoms with Gasteiger partial charge in [-0.1, -0.05) is 53.7 Å². The highest BCUT2D eigenvalue weighted by atomic mass is 16.5. The van der Waals surface area contributed by atoms with E-state index >= 15 is 0 Å². The van der Waals surface area contributed by atoms with E-state index in [0.29, 0.717) is 0 Å². The quantitative estimate of drug-likeness (QED) is 0.570. The van der Waals surface area contributed by atoms with Gasteiger partial charge in [0.25, 0.3) is 0 Å². The van der Waals surface area contributed by atoms with Crippen molar-refractivity contribution in [1.29, 1.82) is 0 Å². The van der Waals surface area contributed by atoms with Crippen molar-refractivity contribution >= 4 is 5.97 Å². The van der Waals surface area contributed by atoms with Crippen molar-refractivity contribution in [2.24, 2.45) is 0 Å². The zero-order chi connectivity index (χ0) is 23.9. The number of aromatic hydroxyl groups is 2. The normalized spacial score (nSPS) is 12.2. The minimum absolute atomic E-state index is 0.0970. The molecule has 2 rings (SSSR count). The van der Waals surface area contributed by atoms with E-state index < -0.39 is 0 Å². The van der Waals surface area contributed by atoms with Crippen molar-refractivity contribution in [3.05, 3.63) is 56.6 Å². The number of hydrogen-bond donors (Lipinski definition) is 2. The molecular formula is C27H38O4. The Hall–Kier alpha value is -2.49. The van der Waals surface area contributed by atoms with E-state index in [1.54, 1.807) is 0 Å². The number of ether oxygens (including phenoxy) is 1. The fourth-order valence-corrected chi connectivity index (χ4v) is 4.01. The predicted molar refractivity (Wildman–Crippen MR) is 126 cm³/mol. The first-order valence-electron chi connectivity index (χ1n) is 10.9. The van der Waals surface area contributed by atoms with E-state index in [-0.39, 0.29) is 41.3 Å². The van der Waals surface area contributed by atoms with Crippen molar-refractivity contribution in [2.75, 3.05) is 0 Å². The van der Waals surface area contributed by atoms with Crippen molar-refractivity contribution in [3.8, 4) is 11.5 Å². The van der Waals surface area contributed by atoms with Crippen molar-refractivity contribution in [2.45, 2.75) is 93.1 Å². The molecule has 2 aromatic carbocycles. The fourth-order valence-electron chi connectivity index (χ4n) is 4.01. The molecule has 0 aromatic heterocycles. The van der Waals surface area contributed by atoms with Crippen LogP contribution >= 0.6 is 0 Å². The summed E-state index contributed by atoms with van der Waals surface area (Å²) in [7, 11) is 0. The summed E-state index contributed by atoms with van der Waals surface area (Å²) in [5, 5.41) is 21.3. The van der Waals surface area contributed by atoms with E-state index in [4.69, 9.17) is 4.74 Å². The maximum Gasteiger partial charge on any atom is 0.310 e. The summed E-state index contributed by atoms with van der Waals surface area (Å²) in [5.41, 5.74) is 6.47. The van der Waals surface area contributed by atoms with E-state index in [1.807, 2.05) is 39.8 Å². The van der Waals surface area contributed by atoms with Crippen LogP contribution in [0.4, 0.5) is 0 Å². The van der Waals surface area contributed by atoms with Gasteiger partial charge in [0.15, 0.2) is 0 Å². The maximum atomic E-state index is 12.7. The molecule has 31 heavy (non-hydrogen) atoms. The Kier molecular flexibility index (Phi) is 6.85. The van der Waals surface area contributed by atoms with Crippen LogP contribution in [0.15, 0.2) is 12.1 Å². The Labute approximate surface area is 187 Å². The summed E-state index contributed by atoms with van der Waals surface area (Å²) in [6.07, 6.45) is 0.0970. The zero-order valence-corrected chi connectivity index (χ0v) is 20.8. The van der Waals surface area contributed by atoms with Gasteiger partial charge >= 0.3 is 5.97 Å². The van der Waals surface area contributed by atoms with Crippen molar-refractivity contribution in [3.63, 3.8) is 0 Å². The number of rotatable bonds is 4. The smallest absolute Gasteiger partial charge is 0.310 e. The van der Waals surface area contributed by atoms with Gasteiger partial charge in [0.05, 0.1) is 6.42 Å². The first kappa shape index (κ1) is 24.8. The van der Waals surface area contributed by atoms with Crippen LogP contribution < -0.4 is 0 Å². The van der Waals surface area contributed by atoms with Crippen LogP contribution in [0, 0.1) is 27.7 Å². The lowest BCUT2D eigenvalue weighted by Crippen LogP contribution is -2.16. The number of phenols is 2. The molecule has 2 N–H and O–H groups in total. The molecule has 0 unspecified atom stereocenters. The molecule has 0 heterocycles. The largest absolute Gasteiger partial charge is 0.507 e. The molecule has 4 heteroatoms. The van der Waals surface area contributed by atoms with Gasteiger partial charge in [-0.25, -0.2) is 0 Å². The van der Waals surface area contributed by atoms with E-state index in [1.165, 1.54) is 0 Å². The SMILES string of the molecule is Cc1cc(C(C)(C)C)c(O)c(C)c1COC(=O)Cc1c(C)cc(C(C)(C)C)c(O)c1C. The summed E-state index contributed by atoms with van der Waals surface area (Å²) >= 11 is 0. The van der Waals surface area contributed by atoms with Crippen LogP contribution in [-0.4, -0.2) is 16.2 Å². The topological polar surface area (TPSA) is 66.8 Å². The van der Waals surface area contributed by atoms with E-state index in [0.717, 1.165) is 44.5 Å². The van der Waals surface area contributed by atoms with Gasteiger partial charge in [0.1, 0.15) is 18.1 Å². The minimum atomic E-state index is -0.354. The molecule has 170 valence electrons. The highest BCUT2D eigenvalue weighted by Gasteiger charge is 2.24. The van der Waals surface area contributed by atoms with Gasteiger partial charge in [-0.2, -0.15) is 0 Å². The molecular weight excluding hydrogens is 388 g/mol. The molecule has 0 saturated carbocycles. The molecule has 0 bridgehead atoms. The molecule has 0 radical (unpaired) electrons. The minimum Gasteiger partial charge on any atom is -0.507 e. The molecule has 0 saturated heterocycles. The molecule has 0 fully saturated rings. The van der Waals surface area contributed by atoms with Gasteiger partial charge in [-0.05, 0) is 83.0 Å². The van der Waals surface area contributed by atoms with Gasteiger partial charge in [-0.3, -0.25) is 4.79 Å². The van der Waals surface area contributed by atoms with Crippen molar-refractivity contribution in [1.82, 2.24) is 0 Å². The van der Waals surface area contributed by atoms with Crippen LogP contribution in [0.2, 0.25) is 0 Å². The Morgan fingerprint density at radius 2 is 1.16 bits per heavy atom. The van der Waals surface area contributed by atoms with E-state index in [2.05, 4.69) is 41.5 Å². The maximum absolute atomic E-state index is 12.7. The predicted octanol–water partition coefficient (Wildman–Crippen LogP) is 6.21. The van der Waals surface area contributed by atoms with Crippen LogP contribution in [0.3, 0.4) is 0 Å². The summed E-state index contributed by atoms with van der Waals surface area (Å²) in [6.45, 7) is 20.1. The highest BCUT2D eigenvalue weighted by molar-refractivity contribution is 5.74. The summed E-state index contributed by atoms with van der Waals surface area (Å²) in [6, 6.07) is 3.94. The Bertz CT molecular complexity index is 1000. The Balaban J connectivity index is 2.24. The molecule has 0 aliphatic rings. The highest BCUT2D eigenvalue weighted by Crippen LogP contribution is 2.38.